The van der Waals surface area contributed by atoms with Gasteiger partial charge in [-0.15, -0.1) is 0 Å². The van der Waals surface area contributed by atoms with Crippen LogP contribution in [0.15, 0.2) is 36.8 Å². The fraction of sp³-hybridized carbons (Fsp3) is 0.400. The zero-order chi connectivity index (χ0) is 13.2. The molecule has 2 N–H and O–H groups in total. The molecule has 0 atom stereocenters. The minimum Gasteiger partial charge on any atom is -0.330 e. The third kappa shape index (κ3) is 2.79. The van der Waals surface area contributed by atoms with Crippen LogP contribution in [0.4, 0.5) is 0 Å². The van der Waals surface area contributed by atoms with Gasteiger partial charge in [-0.2, -0.15) is 0 Å². The zero-order valence-corrected chi connectivity index (χ0v) is 11.4. The number of hydrogen-bond acceptors (Lipinski definition) is 2. The summed E-state index contributed by atoms with van der Waals surface area (Å²) in [6, 6.07) is 8.62. The Balaban J connectivity index is 2.23. The molecule has 0 bridgehead atoms. The Bertz CT molecular complexity index is 503. The summed E-state index contributed by atoms with van der Waals surface area (Å²) in [6.45, 7) is 7.30. The SMILES string of the molecule is CC(C)(C)c1ccc(-n2cnc(CCN)c2)cc1. The van der Waals surface area contributed by atoms with Crippen LogP contribution in [0.25, 0.3) is 5.69 Å². The molecule has 3 nitrogen and oxygen atoms in total. The van der Waals surface area contributed by atoms with Crippen LogP contribution in [-0.2, 0) is 11.8 Å². The smallest absolute Gasteiger partial charge is 0.0995 e. The van der Waals surface area contributed by atoms with Crippen molar-refractivity contribution in [2.24, 2.45) is 5.73 Å². The number of nitrogens with two attached hydrogens (primary N) is 1. The molecule has 2 rings (SSSR count). The van der Waals surface area contributed by atoms with E-state index in [1.54, 1.807) is 0 Å². The normalized spacial score (nSPS) is 11.8. The highest BCUT2D eigenvalue weighted by atomic mass is 15.0. The van der Waals surface area contributed by atoms with E-state index in [1.807, 2.05) is 17.1 Å². The van der Waals surface area contributed by atoms with Crippen LogP contribution in [0.1, 0.15) is 32.0 Å². The third-order valence-electron chi connectivity index (χ3n) is 3.07. The minimum atomic E-state index is 0.193. The van der Waals surface area contributed by atoms with Gasteiger partial charge in [-0.3, -0.25) is 0 Å². The monoisotopic (exact) mass is 243 g/mol. The van der Waals surface area contributed by atoms with Gasteiger partial charge in [-0.1, -0.05) is 32.9 Å². The van der Waals surface area contributed by atoms with E-state index in [1.165, 1.54) is 5.56 Å². The van der Waals surface area contributed by atoms with E-state index in [0.29, 0.717) is 6.54 Å². The summed E-state index contributed by atoms with van der Waals surface area (Å²) < 4.78 is 2.04. The lowest BCUT2D eigenvalue weighted by Crippen LogP contribution is -2.10. The van der Waals surface area contributed by atoms with E-state index in [9.17, 15) is 0 Å². The first-order valence-electron chi connectivity index (χ1n) is 6.34. The van der Waals surface area contributed by atoms with E-state index in [0.717, 1.165) is 17.8 Å². The molecule has 0 amide bonds. The van der Waals surface area contributed by atoms with Crippen molar-refractivity contribution in [3.8, 4) is 5.69 Å². The van der Waals surface area contributed by atoms with Gasteiger partial charge >= 0.3 is 0 Å². The van der Waals surface area contributed by atoms with Crippen LogP contribution in [0, 0.1) is 0 Å². The van der Waals surface area contributed by atoms with Gasteiger partial charge in [-0.25, -0.2) is 4.98 Å². The predicted octanol–water partition coefficient (Wildman–Crippen LogP) is 2.67. The molecule has 2 aromatic rings. The van der Waals surface area contributed by atoms with Crippen LogP contribution >= 0.6 is 0 Å². The molecule has 0 unspecified atom stereocenters. The summed E-state index contributed by atoms with van der Waals surface area (Å²) in [6.07, 6.45) is 4.71. The number of nitrogens with zero attached hydrogens (tertiary/aromatic N) is 2. The molecule has 3 heteroatoms. The standard InChI is InChI=1S/C15H21N3/c1-15(2,3)12-4-6-14(7-5-12)18-10-13(8-9-16)17-11-18/h4-7,10-11H,8-9,16H2,1-3H3. The maximum Gasteiger partial charge on any atom is 0.0995 e. The molecular formula is C15H21N3. The number of rotatable bonds is 3. The van der Waals surface area contributed by atoms with Crippen LogP contribution in [0.3, 0.4) is 0 Å². The van der Waals surface area contributed by atoms with Crippen molar-refractivity contribution in [3.05, 3.63) is 48.0 Å². The van der Waals surface area contributed by atoms with Crippen molar-refractivity contribution in [1.82, 2.24) is 9.55 Å². The van der Waals surface area contributed by atoms with Crippen molar-refractivity contribution in [1.29, 1.82) is 0 Å². The van der Waals surface area contributed by atoms with Crippen molar-refractivity contribution in [2.75, 3.05) is 6.54 Å². The van der Waals surface area contributed by atoms with Gasteiger partial charge in [0.05, 0.1) is 12.0 Å². The largest absolute Gasteiger partial charge is 0.330 e. The molecular weight excluding hydrogens is 222 g/mol. The van der Waals surface area contributed by atoms with Crippen molar-refractivity contribution in [3.63, 3.8) is 0 Å². The molecule has 1 aromatic heterocycles. The van der Waals surface area contributed by atoms with E-state index < -0.39 is 0 Å². The first-order valence-corrected chi connectivity index (χ1v) is 6.34. The molecule has 0 aliphatic carbocycles. The Morgan fingerprint density at radius 2 is 1.83 bits per heavy atom. The van der Waals surface area contributed by atoms with E-state index >= 15 is 0 Å². The van der Waals surface area contributed by atoms with E-state index in [-0.39, 0.29) is 5.41 Å². The fourth-order valence-corrected chi connectivity index (χ4v) is 1.92. The first kappa shape index (κ1) is 12.8. The highest BCUT2D eigenvalue weighted by molar-refractivity contribution is 5.37. The molecule has 1 heterocycles. The number of aromatic nitrogens is 2. The second-order valence-corrected chi connectivity index (χ2v) is 5.61. The summed E-state index contributed by atoms with van der Waals surface area (Å²) in [7, 11) is 0. The Labute approximate surface area is 109 Å². The second kappa shape index (κ2) is 4.94. The highest BCUT2D eigenvalue weighted by Crippen LogP contribution is 2.23. The zero-order valence-electron chi connectivity index (χ0n) is 11.4. The topological polar surface area (TPSA) is 43.8 Å². The Kier molecular flexibility index (Phi) is 3.53. The summed E-state index contributed by atoms with van der Waals surface area (Å²) >= 11 is 0. The number of imidazole rings is 1. The molecule has 18 heavy (non-hydrogen) atoms. The average Bonchev–Trinajstić information content (AvgIpc) is 2.77. The number of hydrogen-bond donors (Lipinski definition) is 1. The van der Waals surface area contributed by atoms with Crippen molar-refractivity contribution >= 4 is 0 Å². The van der Waals surface area contributed by atoms with Gasteiger partial charge in [0.1, 0.15) is 0 Å². The minimum absolute atomic E-state index is 0.193. The molecule has 96 valence electrons. The lowest BCUT2D eigenvalue weighted by Gasteiger charge is -2.19. The van der Waals surface area contributed by atoms with Crippen molar-refractivity contribution in [2.45, 2.75) is 32.6 Å². The van der Waals surface area contributed by atoms with Crippen molar-refractivity contribution < 1.29 is 0 Å². The van der Waals surface area contributed by atoms with Crippen LogP contribution in [0.5, 0.6) is 0 Å². The lowest BCUT2D eigenvalue weighted by atomic mass is 9.87. The summed E-state index contributed by atoms with van der Waals surface area (Å²) in [5, 5.41) is 0. The molecule has 1 aromatic carbocycles. The Hall–Kier alpha value is -1.61. The molecule has 0 aliphatic rings. The molecule has 0 fully saturated rings. The van der Waals surface area contributed by atoms with Gasteiger partial charge < -0.3 is 10.3 Å². The molecule has 0 saturated carbocycles. The van der Waals surface area contributed by atoms with E-state index in [4.69, 9.17) is 5.73 Å². The van der Waals surface area contributed by atoms with Crippen LogP contribution in [-0.4, -0.2) is 16.1 Å². The summed E-state index contributed by atoms with van der Waals surface area (Å²) in [5.74, 6) is 0. The average molecular weight is 243 g/mol. The Morgan fingerprint density at radius 1 is 1.17 bits per heavy atom. The molecule has 0 radical (unpaired) electrons. The first-order chi connectivity index (χ1) is 8.50. The molecule has 0 spiro atoms. The maximum atomic E-state index is 5.53. The Morgan fingerprint density at radius 3 is 2.39 bits per heavy atom. The quantitative estimate of drug-likeness (QED) is 0.900. The number of benzene rings is 1. The molecule has 0 saturated heterocycles. The highest BCUT2D eigenvalue weighted by Gasteiger charge is 2.13. The van der Waals surface area contributed by atoms with Gasteiger partial charge in [0.15, 0.2) is 0 Å². The summed E-state index contributed by atoms with van der Waals surface area (Å²) in [4.78, 5) is 4.34. The fourth-order valence-electron chi connectivity index (χ4n) is 1.92. The van der Waals surface area contributed by atoms with Crippen LogP contribution in [0.2, 0.25) is 0 Å². The second-order valence-electron chi connectivity index (χ2n) is 5.61. The third-order valence-corrected chi connectivity index (χ3v) is 3.07. The molecule has 0 aliphatic heterocycles. The van der Waals surface area contributed by atoms with Gasteiger partial charge in [0, 0.05) is 18.3 Å². The van der Waals surface area contributed by atoms with Gasteiger partial charge in [0.2, 0.25) is 0 Å². The van der Waals surface area contributed by atoms with E-state index in [2.05, 4.69) is 50.0 Å². The van der Waals surface area contributed by atoms with Gasteiger partial charge in [-0.05, 0) is 29.7 Å². The van der Waals surface area contributed by atoms with Gasteiger partial charge in [0.25, 0.3) is 0 Å². The maximum absolute atomic E-state index is 5.53. The lowest BCUT2D eigenvalue weighted by molar-refractivity contribution is 0.590. The summed E-state index contributed by atoms with van der Waals surface area (Å²) in [5.41, 5.74) is 9.24. The predicted molar refractivity (Wildman–Crippen MR) is 75.0 cm³/mol. The van der Waals surface area contributed by atoms with Crippen LogP contribution < -0.4 is 5.73 Å².